The third-order valence-electron chi connectivity index (χ3n) is 0.675. The van der Waals surface area contributed by atoms with Crippen LogP contribution in [0.4, 0.5) is 0 Å². The lowest BCUT2D eigenvalue weighted by atomic mass is 10.4. The van der Waals surface area contributed by atoms with Gasteiger partial charge in [0.15, 0.2) is 0 Å². The van der Waals surface area contributed by atoms with Crippen molar-refractivity contribution in [2.24, 2.45) is 0 Å². The van der Waals surface area contributed by atoms with Crippen LogP contribution in [0.15, 0.2) is 37.5 Å². The first-order chi connectivity index (χ1) is 4.41. The summed E-state index contributed by atoms with van der Waals surface area (Å²) in [6.45, 7) is 10.1. The lowest BCUT2D eigenvalue weighted by Crippen LogP contribution is -1.48. The van der Waals surface area contributed by atoms with E-state index in [-0.39, 0.29) is 0 Å². The zero-order valence-corrected chi connectivity index (χ0v) is 6.43. The van der Waals surface area contributed by atoms with E-state index in [1.54, 1.807) is 0 Å². The fourth-order valence-electron chi connectivity index (χ4n) is 0.326. The molecule has 0 heteroatoms. The molecule has 0 aliphatic heterocycles. The third-order valence-corrected chi connectivity index (χ3v) is 0.675. The van der Waals surface area contributed by atoms with Crippen LogP contribution in [-0.2, 0) is 0 Å². The van der Waals surface area contributed by atoms with Gasteiger partial charge in [0.25, 0.3) is 0 Å². The van der Waals surface area contributed by atoms with Gasteiger partial charge in [-0.25, -0.2) is 0 Å². The summed E-state index contributed by atoms with van der Waals surface area (Å²) in [5.74, 6) is 0. The fraction of sp³-hybridized carbons (Fsp3) is 0.333. The molecular formula is C9H16. The van der Waals surface area contributed by atoms with Gasteiger partial charge >= 0.3 is 0 Å². The van der Waals surface area contributed by atoms with Crippen molar-refractivity contribution in [3.05, 3.63) is 37.5 Å². The Morgan fingerprint density at radius 3 is 2.11 bits per heavy atom. The molecule has 0 aromatic heterocycles. The normalized spacial score (nSPS) is 9.56. The van der Waals surface area contributed by atoms with Crippen molar-refractivity contribution in [3.8, 4) is 0 Å². The monoisotopic (exact) mass is 124 g/mol. The van der Waals surface area contributed by atoms with E-state index in [2.05, 4.69) is 32.2 Å². The predicted octanol–water partition coefficient (Wildman–Crippen LogP) is 3.33. The second kappa shape index (κ2) is 15.7. The van der Waals surface area contributed by atoms with Gasteiger partial charge in [-0.1, -0.05) is 31.2 Å². The number of hydrogen-bond donors (Lipinski definition) is 0. The highest BCUT2D eigenvalue weighted by Crippen LogP contribution is 1.79. The van der Waals surface area contributed by atoms with E-state index < -0.39 is 0 Å². The largest absolute Gasteiger partial charge is 0.106 e. The molecule has 52 valence electrons. The van der Waals surface area contributed by atoms with Crippen LogP contribution in [0.3, 0.4) is 0 Å². The molecule has 0 saturated carbocycles. The van der Waals surface area contributed by atoms with Gasteiger partial charge in [-0.05, 0) is 13.3 Å². The van der Waals surface area contributed by atoms with Gasteiger partial charge in [0, 0.05) is 0 Å². The smallest absolute Gasteiger partial charge is 0.0376 e. The van der Waals surface area contributed by atoms with E-state index in [1.807, 2.05) is 19.1 Å². The molecule has 0 aromatic carbocycles. The average Bonchev–Trinajstić information content (AvgIpc) is 1.94. The molecule has 0 heterocycles. The van der Waals surface area contributed by atoms with Gasteiger partial charge in [0.05, 0.1) is 0 Å². The Kier molecular flexibility index (Phi) is 19.3. The van der Waals surface area contributed by atoms with E-state index in [1.165, 1.54) is 0 Å². The van der Waals surface area contributed by atoms with Crippen molar-refractivity contribution in [1.29, 1.82) is 0 Å². The highest BCUT2D eigenvalue weighted by atomic mass is 13.6. The van der Waals surface area contributed by atoms with Crippen LogP contribution in [0.1, 0.15) is 20.3 Å². The first-order valence-electron chi connectivity index (χ1n) is 3.19. The first kappa shape index (κ1) is 11.1. The Balaban J connectivity index is 0. The molecule has 0 rings (SSSR count). The molecule has 0 nitrogen and oxygen atoms in total. The molecular weight excluding hydrogens is 108 g/mol. The Hall–Kier alpha value is -0.780. The zero-order valence-electron chi connectivity index (χ0n) is 6.43. The van der Waals surface area contributed by atoms with Crippen LogP contribution in [0.2, 0.25) is 0 Å². The minimum atomic E-state index is 1.13. The standard InChI is InChI=1S/C7H12.C2H4/c1-3-5-7-6-4-2;1-2/h3,5-7H,4H2,1-2H3;1-2H2. The van der Waals surface area contributed by atoms with E-state index in [0.29, 0.717) is 0 Å². The predicted molar refractivity (Wildman–Crippen MR) is 45.5 cm³/mol. The molecule has 0 unspecified atom stereocenters. The van der Waals surface area contributed by atoms with Crippen LogP contribution >= 0.6 is 0 Å². The fourth-order valence-corrected chi connectivity index (χ4v) is 0.326. The highest BCUT2D eigenvalue weighted by Gasteiger charge is 1.57. The molecule has 9 heavy (non-hydrogen) atoms. The van der Waals surface area contributed by atoms with Crippen molar-refractivity contribution >= 4 is 0 Å². The summed E-state index contributed by atoms with van der Waals surface area (Å²) >= 11 is 0. The van der Waals surface area contributed by atoms with Crippen molar-refractivity contribution in [2.45, 2.75) is 20.3 Å². The molecule has 0 bridgehead atoms. The van der Waals surface area contributed by atoms with Gasteiger partial charge in [-0.15, -0.1) is 13.2 Å². The number of allylic oxidation sites excluding steroid dienone is 4. The van der Waals surface area contributed by atoms with Gasteiger partial charge in [-0.2, -0.15) is 0 Å². The Bertz CT molecular complexity index is 78.0. The Labute approximate surface area is 58.6 Å². The molecule has 0 aliphatic carbocycles. The summed E-state index contributed by atoms with van der Waals surface area (Å²) < 4.78 is 0. The summed E-state index contributed by atoms with van der Waals surface area (Å²) in [6.07, 6.45) is 9.36. The molecule has 0 amide bonds. The lowest BCUT2D eigenvalue weighted by molar-refractivity contribution is 1.22. The molecule has 0 fully saturated rings. The molecule has 0 radical (unpaired) electrons. The lowest BCUT2D eigenvalue weighted by Gasteiger charge is -1.70. The zero-order chi connectivity index (χ0) is 7.54. The Morgan fingerprint density at radius 1 is 1.22 bits per heavy atom. The molecule has 0 aromatic rings. The van der Waals surface area contributed by atoms with Crippen LogP contribution in [-0.4, -0.2) is 0 Å². The van der Waals surface area contributed by atoms with E-state index >= 15 is 0 Å². The maximum Gasteiger partial charge on any atom is -0.0376 e. The summed E-state index contributed by atoms with van der Waals surface area (Å²) in [4.78, 5) is 0. The molecule has 0 atom stereocenters. The van der Waals surface area contributed by atoms with Gasteiger partial charge < -0.3 is 0 Å². The van der Waals surface area contributed by atoms with Crippen LogP contribution in [0.25, 0.3) is 0 Å². The second-order valence-corrected chi connectivity index (χ2v) is 1.36. The molecule has 0 spiro atoms. The molecule has 0 aliphatic rings. The van der Waals surface area contributed by atoms with Crippen LogP contribution in [0, 0.1) is 0 Å². The minimum absolute atomic E-state index is 1.13. The molecule has 0 N–H and O–H groups in total. The topological polar surface area (TPSA) is 0 Å². The maximum absolute atomic E-state index is 3.00. The minimum Gasteiger partial charge on any atom is -0.106 e. The van der Waals surface area contributed by atoms with E-state index in [4.69, 9.17) is 0 Å². The third kappa shape index (κ3) is 19.0. The summed E-state index contributed by atoms with van der Waals surface area (Å²) in [6, 6.07) is 0. The van der Waals surface area contributed by atoms with Crippen molar-refractivity contribution in [1.82, 2.24) is 0 Å². The highest BCUT2D eigenvalue weighted by molar-refractivity contribution is 5.00. The van der Waals surface area contributed by atoms with Gasteiger partial charge in [0.2, 0.25) is 0 Å². The number of hydrogen-bond acceptors (Lipinski definition) is 0. The van der Waals surface area contributed by atoms with E-state index in [0.717, 1.165) is 6.42 Å². The number of rotatable bonds is 2. The SMILES string of the molecule is C=C.CC=CC=CCC. The Morgan fingerprint density at radius 2 is 1.78 bits per heavy atom. The summed E-state index contributed by atoms with van der Waals surface area (Å²) in [5.41, 5.74) is 0. The second-order valence-electron chi connectivity index (χ2n) is 1.36. The summed E-state index contributed by atoms with van der Waals surface area (Å²) in [7, 11) is 0. The van der Waals surface area contributed by atoms with Crippen LogP contribution in [0.5, 0.6) is 0 Å². The maximum atomic E-state index is 3.00. The average molecular weight is 124 g/mol. The van der Waals surface area contributed by atoms with Crippen molar-refractivity contribution < 1.29 is 0 Å². The van der Waals surface area contributed by atoms with Crippen molar-refractivity contribution in [2.75, 3.05) is 0 Å². The van der Waals surface area contributed by atoms with Gasteiger partial charge in [-0.3, -0.25) is 0 Å². The van der Waals surface area contributed by atoms with Gasteiger partial charge in [0.1, 0.15) is 0 Å². The van der Waals surface area contributed by atoms with Crippen molar-refractivity contribution in [3.63, 3.8) is 0 Å². The first-order valence-corrected chi connectivity index (χ1v) is 3.19. The van der Waals surface area contributed by atoms with Crippen LogP contribution < -0.4 is 0 Å². The quantitative estimate of drug-likeness (QED) is 0.391. The van der Waals surface area contributed by atoms with E-state index in [9.17, 15) is 0 Å². The molecule has 0 saturated heterocycles. The summed E-state index contributed by atoms with van der Waals surface area (Å²) in [5, 5.41) is 0.